The molecule has 9 heteroatoms. The molecule has 2 N–H and O–H groups in total. The molecule has 0 saturated heterocycles. The third kappa shape index (κ3) is 2.35. The van der Waals surface area contributed by atoms with E-state index in [1.807, 2.05) is 0 Å². The molecule has 4 heterocycles. The second-order valence-corrected chi connectivity index (χ2v) is 8.07. The van der Waals surface area contributed by atoms with E-state index in [0.29, 0.717) is 46.5 Å². The van der Waals surface area contributed by atoms with Crippen LogP contribution in [0.15, 0.2) is 23.2 Å². The van der Waals surface area contributed by atoms with Crippen LogP contribution in [0.5, 0.6) is 0 Å². The van der Waals surface area contributed by atoms with Gasteiger partial charge in [0.1, 0.15) is 0 Å². The Bertz CT molecular complexity index is 1160. The fourth-order valence-corrected chi connectivity index (χ4v) is 4.97. The van der Waals surface area contributed by atoms with Crippen LogP contribution in [0.3, 0.4) is 0 Å². The van der Waals surface area contributed by atoms with E-state index in [0.717, 1.165) is 5.56 Å². The summed E-state index contributed by atoms with van der Waals surface area (Å²) in [6.45, 7) is 0.324. The third-order valence-corrected chi connectivity index (χ3v) is 6.41. The van der Waals surface area contributed by atoms with Crippen LogP contribution in [0.2, 0.25) is 0 Å². The summed E-state index contributed by atoms with van der Waals surface area (Å²) >= 11 is 0. The third-order valence-electron chi connectivity index (χ3n) is 5.01. The monoisotopic (exact) mass is 386 g/mol. The first kappa shape index (κ1) is 16.3. The maximum atomic E-state index is 12.6. The number of carbonyl (C=O) groups is 2. The lowest BCUT2D eigenvalue weighted by molar-refractivity contribution is -0.110. The van der Waals surface area contributed by atoms with Crippen LogP contribution in [-0.4, -0.2) is 38.5 Å². The van der Waals surface area contributed by atoms with Crippen molar-refractivity contribution in [1.82, 2.24) is 4.98 Å². The summed E-state index contributed by atoms with van der Waals surface area (Å²) in [4.78, 5) is 27.5. The van der Waals surface area contributed by atoms with Gasteiger partial charge in [0.25, 0.3) is 16.0 Å². The van der Waals surface area contributed by atoms with Gasteiger partial charge in [-0.3, -0.25) is 8.98 Å². The number of H-pyrrole nitrogens is 1. The van der Waals surface area contributed by atoms with Gasteiger partial charge < -0.3 is 15.0 Å². The maximum Gasteiger partial charge on any atom is 0.339 e. The van der Waals surface area contributed by atoms with E-state index in [1.165, 1.54) is 6.07 Å². The number of aromatic nitrogens is 1. The fraction of sp³-hybridized carbons (Fsp3) is 0.222. The second kappa shape index (κ2) is 5.54. The Balaban J connectivity index is 1.70. The molecule has 1 aromatic heterocycles. The highest BCUT2D eigenvalue weighted by molar-refractivity contribution is 7.86. The molecular formula is C18H14N2O6S. The summed E-state index contributed by atoms with van der Waals surface area (Å²) in [5, 5.41) is 2.78. The maximum absolute atomic E-state index is 12.6. The van der Waals surface area contributed by atoms with Gasteiger partial charge in [0.2, 0.25) is 0 Å². The van der Waals surface area contributed by atoms with Crippen LogP contribution in [-0.2, 0) is 36.7 Å². The number of aromatic amines is 1. The van der Waals surface area contributed by atoms with E-state index in [2.05, 4.69) is 10.3 Å². The van der Waals surface area contributed by atoms with Crippen molar-refractivity contribution in [2.45, 2.75) is 17.7 Å². The van der Waals surface area contributed by atoms with E-state index in [-0.39, 0.29) is 24.0 Å². The number of carbonyl (C=O) groups excluding carboxylic acids is 2. The zero-order valence-corrected chi connectivity index (χ0v) is 14.8. The molecule has 27 heavy (non-hydrogen) atoms. The topological polar surface area (TPSA) is 115 Å². The molecule has 138 valence electrons. The molecule has 8 nitrogen and oxygen atoms in total. The molecule has 0 fully saturated rings. The minimum Gasteiger partial charge on any atom is -0.462 e. The van der Waals surface area contributed by atoms with E-state index < -0.39 is 16.1 Å². The van der Waals surface area contributed by atoms with Crippen molar-refractivity contribution in [1.29, 1.82) is 0 Å². The summed E-state index contributed by atoms with van der Waals surface area (Å²) in [5.41, 5.74) is 3.98. The van der Waals surface area contributed by atoms with Crippen molar-refractivity contribution < 1.29 is 26.9 Å². The van der Waals surface area contributed by atoms with Crippen LogP contribution in [0.25, 0.3) is 11.6 Å². The molecule has 0 atom stereocenters. The van der Waals surface area contributed by atoms with Crippen molar-refractivity contribution in [2.75, 3.05) is 18.5 Å². The minimum atomic E-state index is -3.82. The summed E-state index contributed by atoms with van der Waals surface area (Å²) in [5.74, 6) is -0.710. The summed E-state index contributed by atoms with van der Waals surface area (Å²) in [6.07, 6.45) is 4.17. The number of nitrogens with one attached hydrogen (secondary N) is 2. The van der Waals surface area contributed by atoms with Gasteiger partial charge in [-0.1, -0.05) is 0 Å². The molecular weight excluding hydrogens is 372 g/mol. The van der Waals surface area contributed by atoms with Crippen molar-refractivity contribution >= 4 is 39.3 Å². The number of fused-ring (bicyclic) bond motifs is 4. The first-order valence-corrected chi connectivity index (χ1v) is 9.82. The highest BCUT2D eigenvalue weighted by Gasteiger charge is 2.34. The fourth-order valence-electron chi connectivity index (χ4n) is 3.80. The SMILES string of the molecule is O=C1Nc2ccc3c(c2/C1=C/c1[nH]cc2c1CCOC2=O)CCOS3(=O)=O. The van der Waals surface area contributed by atoms with Crippen LogP contribution in [0, 0.1) is 0 Å². The number of ether oxygens (including phenoxy) is 1. The number of amides is 1. The number of benzene rings is 1. The Labute approximate surface area is 154 Å². The van der Waals surface area contributed by atoms with Gasteiger partial charge in [0, 0.05) is 29.6 Å². The molecule has 3 aliphatic heterocycles. The van der Waals surface area contributed by atoms with Gasteiger partial charge in [0.15, 0.2) is 0 Å². The van der Waals surface area contributed by atoms with E-state index >= 15 is 0 Å². The Morgan fingerprint density at radius 1 is 1.07 bits per heavy atom. The predicted octanol–water partition coefficient (Wildman–Crippen LogP) is 1.48. The molecule has 3 aliphatic rings. The van der Waals surface area contributed by atoms with Gasteiger partial charge in [-0.15, -0.1) is 0 Å². The quantitative estimate of drug-likeness (QED) is 0.436. The molecule has 5 rings (SSSR count). The highest BCUT2D eigenvalue weighted by Crippen LogP contribution is 2.41. The summed E-state index contributed by atoms with van der Waals surface area (Å²) < 4.78 is 34.3. The first-order valence-electron chi connectivity index (χ1n) is 8.42. The van der Waals surface area contributed by atoms with Crippen molar-refractivity contribution in [2.24, 2.45) is 0 Å². The van der Waals surface area contributed by atoms with Crippen LogP contribution in [0.1, 0.15) is 32.7 Å². The zero-order valence-electron chi connectivity index (χ0n) is 14.0. The number of cyclic esters (lactones) is 1. The second-order valence-electron chi connectivity index (χ2n) is 6.48. The van der Waals surface area contributed by atoms with Gasteiger partial charge in [-0.2, -0.15) is 8.42 Å². The smallest absolute Gasteiger partial charge is 0.339 e. The number of rotatable bonds is 1. The molecule has 1 aromatic carbocycles. The number of esters is 1. The van der Waals surface area contributed by atoms with Crippen LogP contribution >= 0.6 is 0 Å². The first-order chi connectivity index (χ1) is 13.0. The predicted molar refractivity (Wildman–Crippen MR) is 94.6 cm³/mol. The highest BCUT2D eigenvalue weighted by atomic mass is 32.2. The lowest BCUT2D eigenvalue weighted by atomic mass is 9.96. The molecule has 0 spiro atoms. The lowest BCUT2D eigenvalue weighted by Crippen LogP contribution is -2.19. The van der Waals surface area contributed by atoms with Crippen LogP contribution < -0.4 is 5.32 Å². The van der Waals surface area contributed by atoms with Gasteiger partial charge in [-0.25, -0.2) is 4.79 Å². The van der Waals surface area contributed by atoms with Crippen LogP contribution in [0.4, 0.5) is 5.69 Å². The molecule has 0 bridgehead atoms. The normalized spacial score (nSPS) is 21.3. The number of anilines is 1. The Kier molecular flexibility index (Phi) is 3.34. The van der Waals surface area contributed by atoms with E-state index in [1.54, 1.807) is 18.3 Å². The van der Waals surface area contributed by atoms with E-state index in [4.69, 9.17) is 8.92 Å². The summed E-state index contributed by atoms with van der Waals surface area (Å²) in [7, 11) is -3.82. The number of hydrogen-bond donors (Lipinski definition) is 2. The Morgan fingerprint density at radius 3 is 2.74 bits per heavy atom. The average molecular weight is 386 g/mol. The lowest BCUT2D eigenvalue weighted by Gasteiger charge is -2.19. The van der Waals surface area contributed by atoms with Crippen molar-refractivity contribution in [3.05, 3.63) is 46.3 Å². The van der Waals surface area contributed by atoms with Crippen molar-refractivity contribution in [3.63, 3.8) is 0 Å². The number of hydrogen-bond acceptors (Lipinski definition) is 6. The average Bonchev–Trinajstić information content (AvgIpc) is 3.17. The van der Waals surface area contributed by atoms with Gasteiger partial charge >= 0.3 is 5.97 Å². The molecule has 0 radical (unpaired) electrons. The van der Waals surface area contributed by atoms with Crippen molar-refractivity contribution in [3.8, 4) is 0 Å². The standard InChI is InChI=1S/C18H14N2O6S/c21-17-11(7-14-9-3-5-25-18(22)12(9)8-19-14)16-10-4-6-26-27(23,24)15(10)2-1-13(16)20-17/h1-2,7-8,19H,3-6H2,(H,20,21)/b11-7-. The molecule has 1 amide bonds. The zero-order chi connectivity index (χ0) is 18.8. The molecule has 0 unspecified atom stereocenters. The molecule has 2 aromatic rings. The minimum absolute atomic E-state index is 0.0387. The van der Waals surface area contributed by atoms with Gasteiger partial charge in [0.05, 0.1) is 29.2 Å². The molecule has 0 aliphatic carbocycles. The molecule has 0 saturated carbocycles. The Morgan fingerprint density at radius 2 is 1.89 bits per heavy atom. The Hall–Kier alpha value is -2.91. The largest absolute Gasteiger partial charge is 0.462 e. The van der Waals surface area contributed by atoms with Gasteiger partial charge in [-0.05, 0) is 35.8 Å². The van der Waals surface area contributed by atoms with E-state index in [9.17, 15) is 18.0 Å². The summed E-state index contributed by atoms with van der Waals surface area (Å²) in [6, 6.07) is 3.03.